The van der Waals surface area contributed by atoms with Crippen molar-refractivity contribution in [1.29, 1.82) is 0 Å². The third kappa shape index (κ3) is 4.41. The zero-order chi connectivity index (χ0) is 13.7. The van der Waals surface area contributed by atoms with Crippen LogP contribution in [0.25, 0.3) is 0 Å². The van der Waals surface area contributed by atoms with E-state index in [-0.39, 0.29) is 17.1 Å². The Morgan fingerprint density at radius 3 is 2.68 bits per heavy atom. The van der Waals surface area contributed by atoms with Gasteiger partial charge in [-0.1, -0.05) is 37.4 Å². The van der Waals surface area contributed by atoms with Gasteiger partial charge in [-0.2, -0.15) is 4.98 Å². The minimum Gasteiger partial charge on any atom is -0.368 e. The number of carbonyl (C=O) groups is 1. The van der Waals surface area contributed by atoms with Gasteiger partial charge in [0.25, 0.3) is 0 Å². The molecule has 1 aliphatic rings. The molecule has 0 radical (unpaired) electrons. The molecule has 0 spiro atoms. The molecule has 1 aromatic heterocycles. The van der Waals surface area contributed by atoms with Crippen LogP contribution in [0, 0.1) is 0 Å². The van der Waals surface area contributed by atoms with Gasteiger partial charge in [-0.25, -0.2) is 5.10 Å². The van der Waals surface area contributed by atoms with Crippen molar-refractivity contribution >= 4 is 23.6 Å². The first kappa shape index (κ1) is 14.2. The molecule has 4 N–H and O–H groups in total. The second-order valence-electron chi connectivity index (χ2n) is 4.96. The van der Waals surface area contributed by atoms with Crippen molar-refractivity contribution in [3.05, 3.63) is 0 Å². The smallest absolute Gasteiger partial charge is 0.233 e. The van der Waals surface area contributed by atoms with Crippen molar-refractivity contribution in [2.75, 3.05) is 5.73 Å². The molecule has 1 saturated carbocycles. The molecule has 1 heterocycles. The Labute approximate surface area is 117 Å². The predicted octanol–water partition coefficient (Wildman–Crippen LogP) is 1.71. The van der Waals surface area contributed by atoms with Crippen molar-refractivity contribution < 1.29 is 4.79 Å². The van der Waals surface area contributed by atoms with Crippen molar-refractivity contribution in [2.24, 2.45) is 0 Å². The number of nitrogens with one attached hydrogen (secondary N) is 2. The van der Waals surface area contributed by atoms with E-state index >= 15 is 0 Å². The van der Waals surface area contributed by atoms with Gasteiger partial charge in [0.1, 0.15) is 0 Å². The Morgan fingerprint density at radius 2 is 2.11 bits per heavy atom. The standard InChI is InChI=1S/C12H21N5OS/c1-8(19-12-15-11(13)16-17-12)10(18)14-9-6-4-2-3-5-7-9/h8-9H,2-7H2,1H3,(H,14,18)(H3,13,15,16,17). The molecule has 1 unspecified atom stereocenters. The van der Waals surface area contributed by atoms with E-state index in [0.29, 0.717) is 11.2 Å². The van der Waals surface area contributed by atoms with Crippen LogP contribution >= 0.6 is 11.8 Å². The van der Waals surface area contributed by atoms with E-state index in [1.165, 1.54) is 37.4 Å². The lowest BCUT2D eigenvalue weighted by Gasteiger charge is -2.18. The Balaban J connectivity index is 1.81. The normalized spacial score (nSPS) is 18.8. The summed E-state index contributed by atoms with van der Waals surface area (Å²) in [6.45, 7) is 1.86. The second-order valence-corrected chi connectivity index (χ2v) is 6.27. The van der Waals surface area contributed by atoms with Crippen molar-refractivity contribution in [3.63, 3.8) is 0 Å². The third-order valence-electron chi connectivity index (χ3n) is 3.34. The minimum absolute atomic E-state index is 0.0558. The fraction of sp³-hybridized carbons (Fsp3) is 0.750. The second kappa shape index (κ2) is 6.79. The summed E-state index contributed by atoms with van der Waals surface area (Å²) in [7, 11) is 0. The quantitative estimate of drug-likeness (QED) is 0.577. The molecule has 0 aromatic carbocycles. The lowest BCUT2D eigenvalue weighted by molar-refractivity contribution is -0.121. The molecule has 1 amide bonds. The van der Waals surface area contributed by atoms with E-state index in [4.69, 9.17) is 5.73 Å². The van der Waals surface area contributed by atoms with Crippen LogP contribution in [0.15, 0.2) is 5.16 Å². The first-order chi connectivity index (χ1) is 9.15. The number of rotatable bonds is 4. The Bertz CT molecular complexity index is 414. The molecule has 1 aromatic rings. The van der Waals surface area contributed by atoms with Crippen LogP contribution in [-0.2, 0) is 4.79 Å². The first-order valence-electron chi connectivity index (χ1n) is 6.80. The van der Waals surface area contributed by atoms with Gasteiger partial charge < -0.3 is 11.1 Å². The average molecular weight is 283 g/mol. The van der Waals surface area contributed by atoms with Crippen LogP contribution < -0.4 is 11.1 Å². The highest BCUT2D eigenvalue weighted by molar-refractivity contribution is 8.00. The number of hydrogen-bond donors (Lipinski definition) is 3. The van der Waals surface area contributed by atoms with Gasteiger partial charge in [-0.05, 0) is 19.8 Å². The summed E-state index contributed by atoms with van der Waals surface area (Å²) >= 11 is 1.32. The van der Waals surface area contributed by atoms with E-state index in [1.54, 1.807) is 0 Å². The van der Waals surface area contributed by atoms with Crippen molar-refractivity contribution in [1.82, 2.24) is 20.5 Å². The van der Waals surface area contributed by atoms with Gasteiger partial charge >= 0.3 is 0 Å². The van der Waals surface area contributed by atoms with Crippen LogP contribution in [0.2, 0.25) is 0 Å². The lowest BCUT2D eigenvalue weighted by Crippen LogP contribution is -2.39. The van der Waals surface area contributed by atoms with Crippen LogP contribution in [-0.4, -0.2) is 32.4 Å². The summed E-state index contributed by atoms with van der Waals surface area (Å²) in [5.74, 6) is 0.333. The highest BCUT2D eigenvalue weighted by Crippen LogP contribution is 2.21. The topological polar surface area (TPSA) is 96.7 Å². The molecular formula is C12H21N5OS. The van der Waals surface area contributed by atoms with E-state index in [2.05, 4.69) is 20.5 Å². The molecule has 1 aliphatic carbocycles. The van der Waals surface area contributed by atoms with Crippen LogP contribution in [0.3, 0.4) is 0 Å². The highest BCUT2D eigenvalue weighted by atomic mass is 32.2. The largest absolute Gasteiger partial charge is 0.368 e. The lowest BCUT2D eigenvalue weighted by atomic mass is 10.1. The summed E-state index contributed by atoms with van der Waals surface area (Å²) < 4.78 is 0. The summed E-state index contributed by atoms with van der Waals surface area (Å²) in [6, 6.07) is 0.329. The summed E-state index contributed by atoms with van der Waals surface area (Å²) in [5.41, 5.74) is 5.45. The number of anilines is 1. The zero-order valence-electron chi connectivity index (χ0n) is 11.2. The van der Waals surface area contributed by atoms with Gasteiger partial charge in [0.15, 0.2) is 0 Å². The number of nitrogen functional groups attached to an aromatic ring is 1. The van der Waals surface area contributed by atoms with Gasteiger partial charge in [0.2, 0.25) is 17.0 Å². The first-order valence-corrected chi connectivity index (χ1v) is 7.68. The number of amides is 1. The van der Waals surface area contributed by atoms with Crippen LogP contribution in [0.5, 0.6) is 0 Å². The van der Waals surface area contributed by atoms with Gasteiger partial charge in [0.05, 0.1) is 5.25 Å². The Kier molecular flexibility index (Phi) is 5.07. The molecular weight excluding hydrogens is 262 g/mol. The number of H-pyrrole nitrogens is 1. The van der Waals surface area contributed by atoms with E-state index in [1.807, 2.05) is 6.92 Å². The third-order valence-corrected chi connectivity index (χ3v) is 4.30. The monoisotopic (exact) mass is 283 g/mol. The molecule has 6 nitrogen and oxygen atoms in total. The molecule has 1 atom stereocenters. The maximum Gasteiger partial charge on any atom is 0.233 e. The van der Waals surface area contributed by atoms with E-state index < -0.39 is 0 Å². The number of carbonyl (C=O) groups excluding carboxylic acids is 1. The minimum atomic E-state index is -0.210. The number of aromatic amines is 1. The Hall–Kier alpha value is -1.24. The summed E-state index contributed by atoms with van der Waals surface area (Å²) in [6.07, 6.45) is 7.18. The number of hydrogen-bond acceptors (Lipinski definition) is 5. The summed E-state index contributed by atoms with van der Waals surface area (Å²) in [5, 5.41) is 9.92. The van der Waals surface area contributed by atoms with Crippen LogP contribution in [0.1, 0.15) is 45.4 Å². The predicted molar refractivity (Wildman–Crippen MR) is 75.7 cm³/mol. The maximum atomic E-state index is 12.1. The molecule has 2 rings (SSSR count). The fourth-order valence-corrected chi connectivity index (χ4v) is 3.01. The van der Waals surface area contributed by atoms with Crippen LogP contribution in [0.4, 0.5) is 5.95 Å². The number of aromatic nitrogens is 3. The van der Waals surface area contributed by atoms with Crippen molar-refractivity contribution in [3.8, 4) is 0 Å². The molecule has 106 valence electrons. The molecule has 7 heteroatoms. The Morgan fingerprint density at radius 1 is 1.42 bits per heavy atom. The number of nitrogens with two attached hydrogens (primary N) is 1. The number of nitrogens with zero attached hydrogens (tertiary/aromatic N) is 2. The molecule has 1 fully saturated rings. The SMILES string of the molecule is CC(Sc1n[nH]c(N)n1)C(=O)NC1CCCCCC1. The average Bonchev–Trinajstić information content (AvgIpc) is 2.64. The van der Waals surface area contributed by atoms with Gasteiger partial charge in [-0.3, -0.25) is 4.79 Å². The fourth-order valence-electron chi connectivity index (χ4n) is 2.26. The molecule has 0 saturated heterocycles. The van der Waals surface area contributed by atoms with Crippen molar-refractivity contribution in [2.45, 2.75) is 61.9 Å². The maximum absolute atomic E-state index is 12.1. The van der Waals surface area contributed by atoms with E-state index in [9.17, 15) is 4.79 Å². The highest BCUT2D eigenvalue weighted by Gasteiger charge is 2.20. The molecule has 0 aliphatic heterocycles. The van der Waals surface area contributed by atoms with E-state index in [0.717, 1.165) is 12.8 Å². The number of thioether (sulfide) groups is 1. The molecule has 0 bridgehead atoms. The zero-order valence-corrected chi connectivity index (χ0v) is 12.0. The van der Waals surface area contributed by atoms with Gasteiger partial charge in [-0.15, -0.1) is 5.10 Å². The summed E-state index contributed by atoms with van der Waals surface area (Å²) in [4.78, 5) is 16.1. The van der Waals surface area contributed by atoms with Gasteiger partial charge in [0, 0.05) is 6.04 Å². The molecule has 19 heavy (non-hydrogen) atoms.